The summed E-state index contributed by atoms with van der Waals surface area (Å²) in [5.74, 6) is 1.12. The Labute approximate surface area is 198 Å². The van der Waals surface area contributed by atoms with Crippen molar-refractivity contribution in [3.05, 3.63) is 95.5 Å². The molecule has 1 heterocycles. The summed E-state index contributed by atoms with van der Waals surface area (Å²) in [6, 6.07) is 23.6. The normalized spacial score (nSPS) is 11.4. The third-order valence-corrected chi connectivity index (χ3v) is 4.63. The lowest BCUT2D eigenvalue weighted by Crippen LogP contribution is -2.17. The van der Waals surface area contributed by atoms with Crippen LogP contribution in [0.5, 0.6) is 5.75 Å². The molecule has 10 heteroatoms. The lowest BCUT2D eigenvalue weighted by Gasteiger charge is -2.10. The number of rotatable bonds is 7. The van der Waals surface area contributed by atoms with Crippen LogP contribution in [0.3, 0.4) is 0 Å². The van der Waals surface area contributed by atoms with Crippen molar-refractivity contribution in [3.8, 4) is 17.1 Å². The van der Waals surface area contributed by atoms with Crippen LogP contribution >= 0.6 is 11.6 Å². The third kappa shape index (κ3) is 6.69. The summed E-state index contributed by atoms with van der Waals surface area (Å²) in [5, 5.41) is 7.96. The SMILES string of the molecule is FC(F)(F)Oc1ccc(/C=N/Nc2cc(Nc3ccc(Cl)cc3)nc(-c3ccccc3)n2)cc1. The number of nitrogens with one attached hydrogen (secondary N) is 2. The highest BCUT2D eigenvalue weighted by molar-refractivity contribution is 6.30. The molecule has 0 saturated carbocycles. The zero-order chi connectivity index (χ0) is 24.0. The number of hydrogen-bond acceptors (Lipinski definition) is 6. The van der Waals surface area contributed by atoms with Crippen LogP contribution in [0.2, 0.25) is 5.02 Å². The average molecular weight is 484 g/mol. The summed E-state index contributed by atoms with van der Waals surface area (Å²) < 4.78 is 40.7. The molecule has 4 rings (SSSR count). The molecule has 0 radical (unpaired) electrons. The number of nitrogens with zero attached hydrogens (tertiary/aromatic N) is 3. The summed E-state index contributed by atoms with van der Waals surface area (Å²) in [7, 11) is 0. The van der Waals surface area contributed by atoms with Gasteiger partial charge in [-0.05, 0) is 54.1 Å². The summed E-state index contributed by atoms with van der Waals surface area (Å²) in [5.41, 5.74) is 5.01. The minimum atomic E-state index is -4.74. The summed E-state index contributed by atoms with van der Waals surface area (Å²) >= 11 is 5.95. The topological polar surface area (TPSA) is 71.4 Å². The van der Waals surface area contributed by atoms with Gasteiger partial charge in [-0.1, -0.05) is 41.9 Å². The fourth-order valence-electron chi connectivity index (χ4n) is 2.89. The van der Waals surface area contributed by atoms with Crippen molar-refractivity contribution < 1.29 is 17.9 Å². The molecule has 0 atom stereocenters. The Morgan fingerprint density at radius 2 is 1.53 bits per heavy atom. The third-order valence-electron chi connectivity index (χ3n) is 4.38. The Morgan fingerprint density at radius 1 is 0.853 bits per heavy atom. The number of aromatic nitrogens is 2. The van der Waals surface area contributed by atoms with E-state index in [2.05, 4.69) is 30.5 Å². The number of hydrogen-bond donors (Lipinski definition) is 2. The number of anilines is 3. The van der Waals surface area contributed by atoms with Crippen LogP contribution in [0.1, 0.15) is 5.56 Å². The van der Waals surface area contributed by atoms with Crippen molar-refractivity contribution in [3.63, 3.8) is 0 Å². The minimum absolute atomic E-state index is 0.307. The molecule has 0 aliphatic heterocycles. The molecule has 2 N–H and O–H groups in total. The van der Waals surface area contributed by atoms with Gasteiger partial charge in [0.2, 0.25) is 0 Å². The maximum atomic E-state index is 12.3. The largest absolute Gasteiger partial charge is 0.573 e. The smallest absolute Gasteiger partial charge is 0.406 e. The van der Waals surface area contributed by atoms with E-state index in [0.717, 1.165) is 11.3 Å². The van der Waals surface area contributed by atoms with Crippen LogP contribution in [-0.2, 0) is 0 Å². The van der Waals surface area contributed by atoms with Gasteiger partial charge in [-0.25, -0.2) is 9.97 Å². The lowest BCUT2D eigenvalue weighted by molar-refractivity contribution is -0.274. The van der Waals surface area contributed by atoms with Gasteiger partial charge in [0.05, 0.1) is 6.21 Å². The first-order valence-corrected chi connectivity index (χ1v) is 10.3. The molecule has 0 spiro atoms. The molecule has 3 aromatic carbocycles. The molecule has 1 aromatic heterocycles. The van der Waals surface area contributed by atoms with Crippen molar-refractivity contribution in [1.29, 1.82) is 0 Å². The second kappa shape index (κ2) is 10.2. The van der Waals surface area contributed by atoms with Gasteiger partial charge in [-0.15, -0.1) is 13.2 Å². The molecule has 34 heavy (non-hydrogen) atoms. The summed E-state index contributed by atoms with van der Waals surface area (Å²) in [6.45, 7) is 0. The molecule has 0 fully saturated rings. The number of ether oxygens (including phenoxy) is 1. The zero-order valence-electron chi connectivity index (χ0n) is 17.4. The monoisotopic (exact) mass is 483 g/mol. The molecule has 0 bridgehead atoms. The molecule has 0 aliphatic carbocycles. The van der Waals surface area contributed by atoms with Crippen LogP contribution in [-0.4, -0.2) is 22.5 Å². The fraction of sp³-hybridized carbons (Fsp3) is 0.0417. The summed E-state index contributed by atoms with van der Waals surface area (Å²) in [6.07, 6.45) is -3.29. The van der Waals surface area contributed by atoms with Gasteiger partial charge in [0, 0.05) is 22.3 Å². The van der Waals surface area contributed by atoms with Crippen LogP contribution in [0.25, 0.3) is 11.4 Å². The van der Waals surface area contributed by atoms with E-state index >= 15 is 0 Å². The van der Waals surface area contributed by atoms with E-state index in [0.29, 0.717) is 28.0 Å². The van der Waals surface area contributed by atoms with E-state index in [9.17, 15) is 13.2 Å². The highest BCUT2D eigenvalue weighted by Gasteiger charge is 2.30. The van der Waals surface area contributed by atoms with Gasteiger partial charge in [0.25, 0.3) is 0 Å². The standard InChI is InChI=1S/C24H17ClF3N5O/c25-18-8-10-19(11-9-18)30-21-14-22(32-23(31-21)17-4-2-1-3-5-17)33-29-15-16-6-12-20(13-7-16)34-24(26,27)28/h1-15H,(H2,30,31,32,33)/b29-15+. The Balaban J connectivity index is 1.53. The van der Waals surface area contributed by atoms with Crippen LogP contribution in [0, 0.1) is 0 Å². The maximum absolute atomic E-state index is 12.3. The zero-order valence-corrected chi connectivity index (χ0v) is 18.2. The van der Waals surface area contributed by atoms with E-state index in [1.165, 1.54) is 30.5 Å². The highest BCUT2D eigenvalue weighted by Crippen LogP contribution is 2.24. The first kappa shape index (κ1) is 23.1. The van der Waals surface area contributed by atoms with Gasteiger partial charge in [-0.3, -0.25) is 5.43 Å². The molecule has 0 saturated heterocycles. The average Bonchev–Trinajstić information content (AvgIpc) is 2.81. The predicted octanol–water partition coefficient (Wildman–Crippen LogP) is 6.89. The predicted molar refractivity (Wildman–Crippen MR) is 127 cm³/mol. The number of hydrazone groups is 1. The quantitative estimate of drug-likeness (QED) is 0.221. The van der Waals surface area contributed by atoms with Crippen molar-refractivity contribution >= 4 is 35.1 Å². The molecule has 4 aromatic rings. The molecule has 0 unspecified atom stereocenters. The molecular formula is C24H17ClF3N5O. The van der Waals surface area contributed by atoms with E-state index < -0.39 is 6.36 Å². The Bertz CT molecular complexity index is 1260. The van der Waals surface area contributed by atoms with E-state index in [1.807, 2.05) is 42.5 Å². The van der Waals surface area contributed by atoms with Crippen molar-refractivity contribution in [1.82, 2.24) is 9.97 Å². The Morgan fingerprint density at radius 3 is 2.21 bits per heavy atom. The van der Waals surface area contributed by atoms with Crippen LogP contribution in [0.4, 0.5) is 30.5 Å². The Kier molecular flexibility index (Phi) is 6.93. The Hall–Kier alpha value is -4.11. The number of halogens is 4. The number of alkyl halides is 3. The van der Waals surface area contributed by atoms with Crippen molar-refractivity contribution in [2.24, 2.45) is 5.10 Å². The molecule has 0 amide bonds. The second-order valence-corrected chi connectivity index (χ2v) is 7.38. The number of benzene rings is 3. The maximum Gasteiger partial charge on any atom is 0.573 e. The van der Waals surface area contributed by atoms with Gasteiger partial charge in [0.1, 0.15) is 11.6 Å². The van der Waals surface area contributed by atoms with Crippen LogP contribution in [0.15, 0.2) is 90.0 Å². The fourth-order valence-corrected chi connectivity index (χ4v) is 3.02. The first-order chi connectivity index (χ1) is 16.3. The van der Waals surface area contributed by atoms with E-state index in [-0.39, 0.29) is 5.75 Å². The van der Waals surface area contributed by atoms with Gasteiger partial charge in [-0.2, -0.15) is 5.10 Å². The van der Waals surface area contributed by atoms with Crippen molar-refractivity contribution in [2.45, 2.75) is 6.36 Å². The molecule has 172 valence electrons. The summed E-state index contributed by atoms with van der Waals surface area (Å²) in [4.78, 5) is 9.08. The van der Waals surface area contributed by atoms with Crippen molar-refractivity contribution in [2.75, 3.05) is 10.7 Å². The van der Waals surface area contributed by atoms with Gasteiger partial charge >= 0.3 is 6.36 Å². The molecular weight excluding hydrogens is 467 g/mol. The van der Waals surface area contributed by atoms with Gasteiger partial charge in [0.15, 0.2) is 11.6 Å². The molecule has 0 aliphatic rings. The molecule has 6 nitrogen and oxygen atoms in total. The minimum Gasteiger partial charge on any atom is -0.406 e. The van der Waals surface area contributed by atoms with Crippen LogP contribution < -0.4 is 15.5 Å². The first-order valence-electron chi connectivity index (χ1n) is 9.96. The van der Waals surface area contributed by atoms with E-state index in [1.54, 1.807) is 18.2 Å². The lowest BCUT2D eigenvalue weighted by atomic mass is 10.2. The van der Waals surface area contributed by atoms with Gasteiger partial charge < -0.3 is 10.1 Å². The second-order valence-electron chi connectivity index (χ2n) is 6.95. The highest BCUT2D eigenvalue weighted by atomic mass is 35.5. The van der Waals surface area contributed by atoms with E-state index in [4.69, 9.17) is 11.6 Å².